The number of carbonyl (C=O) groups is 2. The van der Waals surface area contributed by atoms with Gasteiger partial charge in [-0.3, -0.25) is 9.59 Å². The number of rotatable bonds is 5. The number of ether oxygens (including phenoxy) is 1. The van der Waals surface area contributed by atoms with E-state index in [0.29, 0.717) is 19.7 Å². The summed E-state index contributed by atoms with van der Waals surface area (Å²) in [5.41, 5.74) is 5.68. The minimum absolute atomic E-state index is 0.0755. The van der Waals surface area contributed by atoms with Crippen molar-refractivity contribution in [2.75, 3.05) is 26.2 Å². The number of piperidine rings is 1. The lowest BCUT2D eigenvalue weighted by molar-refractivity contribution is -0.152. The lowest BCUT2D eigenvalue weighted by atomic mass is 9.91. The first kappa shape index (κ1) is 16.0. The highest BCUT2D eigenvalue weighted by molar-refractivity contribution is 5.81. The molecule has 19 heavy (non-hydrogen) atoms. The first-order valence-corrected chi connectivity index (χ1v) is 7.16. The summed E-state index contributed by atoms with van der Waals surface area (Å²) in [5, 5.41) is 0. The fourth-order valence-corrected chi connectivity index (χ4v) is 2.52. The lowest BCUT2D eigenvalue weighted by Gasteiger charge is -2.34. The molecule has 0 saturated carbocycles. The van der Waals surface area contributed by atoms with Crippen LogP contribution in [0.2, 0.25) is 0 Å². The van der Waals surface area contributed by atoms with Crippen molar-refractivity contribution in [1.29, 1.82) is 0 Å². The zero-order valence-corrected chi connectivity index (χ0v) is 12.2. The topological polar surface area (TPSA) is 72.6 Å². The van der Waals surface area contributed by atoms with Crippen LogP contribution < -0.4 is 5.73 Å². The Bertz CT molecular complexity index is 318. The fourth-order valence-electron chi connectivity index (χ4n) is 2.52. The van der Waals surface area contributed by atoms with Gasteiger partial charge in [0.25, 0.3) is 0 Å². The van der Waals surface area contributed by atoms with Crippen LogP contribution in [-0.4, -0.2) is 43.0 Å². The van der Waals surface area contributed by atoms with E-state index in [4.69, 9.17) is 10.5 Å². The van der Waals surface area contributed by atoms with E-state index in [1.165, 1.54) is 0 Å². The monoisotopic (exact) mass is 270 g/mol. The minimum atomic E-state index is -0.186. The number of likely N-dealkylation sites (tertiary alicyclic amines) is 1. The second kappa shape index (κ2) is 7.48. The molecule has 1 rings (SSSR count). The molecule has 110 valence electrons. The van der Waals surface area contributed by atoms with E-state index >= 15 is 0 Å². The van der Waals surface area contributed by atoms with E-state index in [1.54, 1.807) is 11.8 Å². The molecule has 0 radical (unpaired) electrons. The molecular formula is C14H26N2O3. The molecular weight excluding hydrogens is 244 g/mol. The molecule has 2 N–H and O–H groups in total. The maximum Gasteiger partial charge on any atom is 0.310 e. The fraction of sp³-hybridized carbons (Fsp3) is 0.857. The molecule has 1 heterocycles. The van der Waals surface area contributed by atoms with E-state index in [2.05, 4.69) is 0 Å². The zero-order chi connectivity index (χ0) is 14.4. The first-order valence-electron chi connectivity index (χ1n) is 7.16. The van der Waals surface area contributed by atoms with Gasteiger partial charge in [0.05, 0.1) is 18.4 Å². The number of carbonyl (C=O) groups excluding carboxylic acids is 2. The Morgan fingerprint density at radius 2 is 2.11 bits per heavy atom. The van der Waals surface area contributed by atoms with E-state index in [-0.39, 0.29) is 29.6 Å². The van der Waals surface area contributed by atoms with Crippen LogP contribution in [0.3, 0.4) is 0 Å². The summed E-state index contributed by atoms with van der Waals surface area (Å²) >= 11 is 0. The predicted octanol–water partition coefficient (Wildman–Crippen LogP) is 1.02. The van der Waals surface area contributed by atoms with Crippen molar-refractivity contribution >= 4 is 11.9 Å². The van der Waals surface area contributed by atoms with Gasteiger partial charge < -0.3 is 15.4 Å². The normalized spacial score (nSPS) is 21.3. The van der Waals surface area contributed by atoms with Crippen molar-refractivity contribution in [2.45, 2.75) is 33.6 Å². The molecule has 0 aromatic rings. The van der Waals surface area contributed by atoms with Crippen molar-refractivity contribution in [3.63, 3.8) is 0 Å². The SMILES string of the molecule is CCOC(=O)C1CCCN(C(=O)C(CN)C(C)C)C1. The summed E-state index contributed by atoms with van der Waals surface area (Å²) < 4.78 is 5.04. The molecule has 1 aliphatic heterocycles. The third kappa shape index (κ3) is 4.20. The van der Waals surface area contributed by atoms with Gasteiger partial charge in [-0.15, -0.1) is 0 Å². The van der Waals surface area contributed by atoms with Gasteiger partial charge in [0.2, 0.25) is 5.91 Å². The standard InChI is InChI=1S/C14H26N2O3/c1-4-19-14(18)11-6-5-7-16(9-11)13(17)12(8-15)10(2)3/h10-12H,4-9,15H2,1-3H3. The molecule has 0 aromatic heterocycles. The number of amides is 1. The lowest BCUT2D eigenvalue weighted by Crippen LogP contribution is -2.47. The van der Waals surface area contributed by atoms with E-state index < -0.39 is 0 Å². The van der Waals surface area contributed by atoms with Gasteiger partial charge in [-0.05, 0) is 25.7 Å². The van der Waals surface area contributed by atoms with E-state index in [9.17, 15) is 9.59 Å². The summed E-state index contributed by atoms with van der Waals surface area (Å²) in [5.74, 6) is -0.218. The van der Waals surface area contributed by atoms with Gasteiger partial charge in [-0.25, -0.2) is 0 Å². The van der Waals surface area contributed by atoms with Crippen LogP contribution in [0.25, 0.3) is 0 Å². The summed E-state index contributed by atoms with van der Waals surface area (Å²) in [4.78, 5) is 25.9. The van der Waals surface area contributed by atoms with Crippen molar-refractivity contribution in [2.24, 2.45) is 23.5 Å². The third-order valence-corrected chi connectivity index (χ3v) is 3.73. The predicted molar refractivity (Wildman–Crippen MR) is 73.3 cm³/mol. The Hall–Kier alpha value is -1.10. The molecule has 0 spiro atoms. The van der Waals surface area contributed by atoms with Crippen LogP contribution in [-0.2, 0) is 14.3 Å². The molecule has 1 fully saturated rings. The molecule has 1 aliphatic rings. The average molecular weight is 270 g/mol. The Labute approximate surface area is 115 Å². The van der Waals surface area contributed by atoms with Gasteiger partial charge >= 0.3 is 5.97 Å². The second-order valence-electron chi connectivity index (χ2n) is 5.46. The van der Waals surface area contributed by atoms with Crippen molar-refractivity contribution in [1.82, 2.24) is 4.90 Å². The molecule has 2 unspecified atom stereocenters. The molecule has 1 amide bonds. The van der Waals surface area contributed by atoms with Gasteiger partial charge in [-0.1, -0.05) is 13.8 Å². The Kier molecular flexibility index (Phi) is 6.28. The van der Waals surface area contributed by atoms with Crippen molar-refractivity contribution in [3.8, 4) is 0 Å². The van der Waals surface area contributed by atoms with E-state index in [0.717, 1.165) is 19.4 Å². The maximum atomic E-state index is 12.4. The highest BCUT2D eigenvalue weighted by Crippen LogP contribution is 2.21. The first-order chi connectivity index (χ1) is 9.01. The number of nitrogens with zero attached hydrogens (tertiary/aromatic N) is 1. The van der Waals surface area contributed by atoms with Crippen LogP contribution in [0.1, 0.15) is 33.6 Å². The number of hydrogen-bond acceptors (Lipinski definition) is 4. The van der Waals surface area contributed by atoms with Gasteiger partial charge in [0, 0.05) is 19.6 Å². The van der Waals surface area contributed by atoms with Crippen LogP contribution in [0.4, 0.5) is 0 Å². The van der Waals surface area contributed by atoms with Crippen LogP contribution in [0, 0.1) is 17.8 Å². The molecule has 2 atom stereocenters. The number of hydrogen-bond donors (Lipinski definition) is 1. The van der Waals surface area contributed by atoms with Crippen molar-refractivity contribution in [3.05, 3.63) is 0 Å². The average Bonchev–Trinajstić information content (AvgIpc) is 2.39. The molecule has 0 aliphatic carbocycles. The molecule has 0 bridgehead atoms. The van der Waals surface area contributed by atoms with Crippen LogP contribution >= 0.6 is 0 Å². The third-order valence-electron chi connectivity index (χ3n) is 3.73. The summed E-state index contributed by atoms with van der Waals surface area (Å²) in [7, 11) is 0. The molecule has 0 aromatic carbocycles. The maximum absolute atomic E-state index is 12.4. The molecule has 5 nitrogen and oxygen atoms in total. The number of esters is 1. The molecule has 1 saturated heterocycles. The molecule has 5 heteroatoms. The van der Waals surface area contributed by atoms with Gasteiger partial charge in [-0.2, -0.15) is 0 Å². The summed E-state index contributed by atoms with van der Waals surface area (Å²) in [6.45, 7) is 7.74. The van der Waals surface area contributed by atoms with Gasteiger partial charge in [0.15, 0.2) is 0 Å². The largest absolute Gasteiger partial charge is 0.466 e. The Balaban J connectivity index is 2.63. The Morgan fingerprint density at radius 1 is 1.42 bits per heavy atom. The quantitative estimate of drug-likeness (QED) is 0.757. The minimum Gasteiger partial charge on any atom is -0.466 e. The van der Waals surface area contributed by atoms with Crippen LogP contribution in [0.5, 0.6) is 0 Å². The van der Waals surface area contributed by atoms with Crippen molar-refractivity contribution < 1.29 is 14.3 Å². The summed E-state index contributed by atoms with van der Waals surface area (Å²) in [6.07, 6.45) is 1.65. The second-order valence-corrected chi connectivity index (χ2v) is 5.46. The van der Waals surface area contributed by atoms with Gasteiger partial charge in [0.1, 0.15) is 0 Å². The number of nitrogens with two attached hydrogens (primary N) is 1. The highest BCUT2D eigenvalue weighted by Gasteiger charge is 2.32. The highest BCUT2D eigenvalue weighted by atomic mass is 16.5. The smallest absolute Gasteiger partial charge is 0.310 e. The zero-order valence-electron chi connectivity index (χ0n) is 12.2. The Morgan fingerprint density at radius 3 is 2.63 bits per heavy atom. The summed E-state index contributed by atoms with van der Waals surface area (Å²) in [6, 6.07) is 0. The van der Waals surface area contributed by atoms with E-state index in [1.807, 2.05) is 13.8 Å². The van der Waals surface area contributed by atoms with Crippen LogP contribution in [0.15, 0.2) is 0 Å².